The molecule has 2 rings (SSSR count). The zero-order chi connectivity index (χ0) is 15.4. The molecule has 1 aromatic rings. The fraction of sp³-hybridized carbons (Fsp3) is 0.467. The van der Waals surface area contributed by atoms with E-state index in [1.165, 1.54) is 6.07 Å². The molecule has 1 unspecified atom stereocenters. The van der Waals surface area contributed by atoms with E-state index < -0.39 is 23.6 Å². The lowest BCUT2D eigenvalue weighted by molar-refractivity contribution is -0.200. The number of hydroxylamine groups is 2. The minimum absolute atomic E-state index is 0.219. The van der Waals surface area contributed by atoms with Crippen LogP contribution in [-0.2, 0) is 27.3 Å². The van der Waals surface area contributed by atoms with Crippen LogP contribution >= 0.6 is 0 Å². The SMILES string of the molecule is CCCC(=O)ON(C=O)C1CCc2c(F)cc(F)cc2C1. The van der Waals surface area contributed by atoms with Gasteiger partial charge in [0.2, 0.25) is 6.41 Å². The highest BCUT2D eigenvalue weighted by Crippen LogP contribution is 2.27. The molecule has 1 atom stereocenters. The van der Waals surface area contributed by atoms with Crippen molar-refractivity contribution in [3.63, 3.8) is 0 Å². The van der Waals surface area contributed by atoms with E-state index in [1.807, 2.05) is 6.92 Å². The van der Waals surface area contributed by atoms with Gasteiger partial charge in [0.1, 0.15) is 11.6 Å². The minimum atomic E-state index is -0.646. The van der Waals surface area contributed by atoms with Crippen LogP contribution in [0, 0.1) is 11.6 Å². The first-order valence-corrected chi connectivity index (χ1v) is 6.96. The first-order chi connectivity index (χ1) is 10.0. The average Bonchev–Trinajstić information content (AvgIpc) is 2.44. The van der Waals surface area contributed by atoms with Gasteiger partial charge in [0.15, 0.2) is 0 Å². The molecular formula is C15H17F2NO3. The zero-order valence-electron chi connectivity index (χ0n) is 11.8. The summed E-state index contributed by atoms with van der Waals surface area (Å²) in [5.41, 5.74) is 0.987. The molecule has 114 valence electrons. The lowest BCUT2D eigenvalue weighted by Crippen LogP contribution is -2.40. The van der Waals surface area contributed by atoms with Gasteiger partial charge in [-0.1, -0.05) is 6.92 Å². The fourth-order valence-corrected chi connectivity index (χ4v) is 2.55. The van der Waals surface area contributed by atoms with Crippen molar-refractivity contribution < 1.29 is 23.2 Å². The van der Waals surface area contributed by atoms with Crippen molar-refractivity contribution in [3.8, 4) is 0 Å². The van der Waals surface area contributed by atoms with Crippen LogP contribution in [0.3, 0.4) is 0 Å². The van der Waals surface area contributed by atoms with Gasteiger partial charge in [-0.05, 0) is 42.9 Å². The van der Waals surface area contributed by atoms with Gasteiger partial charge >= 0.3 is 5.97 Å². The fourth-order valence-electron chi connectivity index (χ4n) is 2.55. The monoisotopic (exact) mass is 297 g/mol. The highest BCUT2D eigenvalue weighted by molar-refractivity contribution is 5.70. The molecule has 1 amide bonds. The average molecular weight is 297 g/mol. The van der Waals surface area contributed by atoms with Gasteiger partial charge in [-0.15, -0.1) is 0 Å². The van der Waals surface area contributed by atoms with Crippen molar-refractivity contribution in [1.29, 1.82) is 0 Å². The highest BCUT2D eigenvalue weighted by atomic mass is 19.1. The molecule has 1 aromatic carbocycles. The maximum Gasteiger partial charge on any atom is 0.332 e. The molecule has 0 heterocycles. The predicted molar refractivity (Wildman–Crippen MR) is 71.1 cm³/mol. The molecule has 0 radical (unpaired) electrons. The van der Waals surface area contributed by atoms with Crippen molar-refractivity contribution in [1.82, 2.24) is 5.06 Å². The van der Waals surface area contributed by atoms with Crippen molar-refractivity contribution in [2.75, 3.05) is 0 Å². The summed E-state index contributed by atoms with van der Waals surface area (Å²) in [7, 11) is 0. The lowest BCUT2D eigenvalue weighted by atomic mass is 9.88. The molecule has 0 saturated heterocycles. The molecule has 0 aromatic heterocycles. The Bertz CT molecular complexity index is 548. The number of carbonyl (C=O) groups is 2. The molecule has 21 heavy (non-hydrogen) atoms. The number of carbonyl (C=O) groups excluding carboxylic acids is 2. The molecular weight excluding hydrogens is 280 g/mol. The number of benzene rings is 1. The maximum atomic E-state index is 13.6. The summed E-state index contributed by atoms with van der Waals surface area (Å²) >= 11 is 0. The molecule has 6 heteroatoms. The predicted octanol–water partition coefficient (Wildman–Crippen LogP) is 2.54. The largest absolute Gasteiger partial charge is 0.338 e. The Balaban J connectivity index is 2.12. The Morgan fingerprint density at radius 3 is 2.90 bits per heavy atom. The standard InChI is InChI=1S/C15H17F2NO3/c1-2-3-15(20)21-18(9-19)12-4-5-13-10(7-12)6-11(16)8-14(13)17/h6,8-9,12H,2-5,7H2,1H3. The number of hydrogen-bond donors (Lipinski definition) is 0. The highest BCUT2D eigenvalue weighted by Gasteiger charge is 2.28. The third kappa shape index (κ3) is 3.56. The second kappa shape index (κ2) is 6.65. The van der Waals surface area contributed by atoms with Gasteiger partial charge in [-0.3, -0.25) is 4.79 Å². The summed E-state index contributed by atoms with van der Waals surface area (Å²) < 4.78 is 26.9. The number of rotatable bonds is 5. The number of fused-ring (bicyclic) bond motifs is 1. The zero-order valence-corrected chi connectivity index (χ0v) is 11.8. The van der Waals surface area contributed by atoms with Gasteiger partial charge in [0.05, 0.1) is 6.04 Å². The quantitative estimate of drug-likeness (QED) is 0.620. The summed E-state index contributed by atoms with van der Waals surface area (Å²) in [6.07, 6.45) is 2.39. The van der Waals surface area contributed by atoms with Crippen LogP contribution in [0.4, 0.5) is 8.78 Å². The summed E-state index contributed by atoms with van der Waals surface area (Å²) in [6.45, 7) is 1.83. The Kier molecular flexibility index (Phi) is 4.88. The van der Waals surface area contributed by atoms with E-state index in [0.717, 1.165) is 11.1 Å². The second-order valence-corrected chi connectivity index (χ2v) is 5.10. The van der Waals surface area contributed by atoms with Gasteiger partial charge in [-0.25, -0.2) is 13.6 Å². The normalized spacial score (nSPS) is 17.0. The van der Waals surface area contributed by atoms with Crippen molar-refractivity contribution in [2.45, 2.75) is 45.1 Å². The molecule has 0 aliphatic heterocycles. The smallest absolute Gasteiger partial charge is 0.332 e. The molecule has 0 saturated carbocycles. The summed E-state index contributed by atoms with van der Waals surface area (Å²) in [5.74, 6) is -1.70. The van der Waals surface area contributed by atoms with E-state index in [4.69, 9.17) is 4.84 Å². The number of hydrogen-bond acceptors (Lipinski definition) is 3. The molecule has 4 nitrogen and oxygen atoms in total. The van der Waals surface area contributed by atoms with Crippen LogP contribution in [0.25, 0.3) is 0 Å². The second-order valence-electron chi connectivity index (χ2n) is 5.10. The van der Waals surface area contributed by atoms with Crippen LogP contribution < -0.4 is 0 Å². The Morgan fingerprint density at radius 1 is 1.48 bits per heavy atom. The topological polar surface area (TPSA) is 46.6 Å². The molecule has 0 spiro atoms. The molecule has 1 aliphatic rings. The van der Waals surface area contributed by atoms with E-state index >= 15 is 0 Å². The number of nitrogens with zero attached hydrogens (tertiary/aromatic N) is 1. The van der Waals surface area contributed by atoms with E-state index in [0.29, 0.717) is 36.8 Å². The number of amides is 1. The van der Waals surface area contributed by atoms with E-state index in [-0.39, 0.29) is 12.8 Å². The first-order valence-electron chi connectivity index (χ1n) is 6.96. The van der Waals surface area contributed by atoms with Gasteiger partial charge in [0.25, 0.3) is 0 Å². The summed E-state index contributed by atoms with van der Waals surface area (Å²) in [6, 6.07) is 1.73. The summed E-state index contributed by atoms with van der Waals surface area (Å²) in [5, 5.41) is 0.962. The molecule has 0 bridgehead atoms. The van der Waals surface area contributed by atoms with Crippen LogP contribution in [0.15, 0.2) is 12.1 Å². The first kappa shape index (κ1) is 15.4. The lowest BCUT2D eigenvalue weighted by Gasteiger charge is -2.30. The van der Waals surface area contributed by atoms with Crippen LogP contribution in [0.1, 0.15) is 37.3 Å². The van der Waals surface area contributed by atoms with Crippen molar-refractivity contribution >= 4 is 12.4 Å². The van der Waals surface area contributed by atoms with Crippen molar-refractivity contribution in [3.05, 3.63) is 34.9 Å². The van der Waals surface area contributed by atoms with Crippen molar-refractivity contribution in [2.24, 2.45) is 0 Å². The molecule has 1 aliphatic carbocycles. The van der Waals surface area contributed by atoms with E-state index in [9.17, 15) is 18.4 Å². The Labute approximate surface area is 121 Å². The third-order valence-electron chi connectivity index (χ3n) is 3.56. The van der Waals surface area contributed by atoms with Gasteiger partial charge in [-0.2, -0.15) is 5.06 Å². The summed E-state index contributed by atoms with van der Waals surface area (Å²) in [4.78, 5) is 27.6. The van der Waals surface area contributed by atoms with E-state index in [1.54, 1.807) is 0 Å². The molecule has 0 fully saturated rings. The Morgan fingerprint density at radius 2 is 2.24 bits per heavy atom. The Hall–Kier alpha value is -1.98. The van der Waals surface area contributed by atoms with E-state index in [2.05, 4.69) is 0 Å². The number of halogens is 2. The van der Waals surface area contributed by atoms with Gasteiger partial charge in [0, 0.05) is 12.5 Å². The molecule has 0 N–H and O–H groups in total. The van der Waals surface area contributed by atoms with Crippen LogP contribution in [0.5, 0.6) is 0 Å². The van der Waals surface area contributed by atoms with Crippen LogP contribution in [0.2, 0.25) is 0 Å². The minimum Gasteiger partial charge on any atom is -0.338 e. The van der Waals surface area contributed by atoms with Gasteiger partial charge < -0.3 is 4.84 Å². The van der Waals surface area contributed by atoms with Crippen LogP contribution in [-0.4, -0.2) is 23.5 Å². The maximum absolute atomic E-state index is 13.6. The third-order valence-corrected chi connectivity index (χ3v) is 3.56.